The van der Waals surface area contributed by atoms with E-state index < -0.39 is 10.9 Å². The summed E-state index contributed by atoms with van der Waals surface area (Å²) in [7, 11) is 1.24. The maximum Gasteiger partial charge on any atom is 0.339 e. The molecule has 0 aliphatic carbocycles. The largest absolute Gasteiger partial charge is 0.465 e. The fourth-order valence-electron chi connectivity index (χ4n) is 2.84. The van der Waals surface area contributed by atoms with E-state index in [1.165, 1.54) is 19.4 Å². The first-order valence-electron chi connectivity index (χ1n) is 7.54. The van der Waals surface area contributed by atoms with Crippen molar-refractivity contribution >= 4 is 17.5 Å². The summed E-state index contributed by atoms with van der Waals surface area (Å²) in [5.41, 5.74) is -0.0444. The van der Waals surface area contributed by atoms with Crippen LogP contribution in [0.4, 0.5) is 11.5 Å². The molecule has 0 spiro atoms. The summed E-state index contributed by atoms with van der Waals surface area (Å²) in [5.74, 6) is 0.386. The minimum atomic E-state index is -0.621. The molecule has 1 aromatic heterocycles. The summed E-state index contributed by atoms with van der Waals surface area (Å²) >= 11 is 0. The third kappa shape index (κ3) is 3.52. The van der Waals surface area contributed by atoms with Crippen molar-refractivity contribution in [2.75, 3.05) is 25.1 Å². The Morgan fingerprint density at radius 1 is 1.50 bits per heavy atom. The van der Waals surface area contributed by atoms with Crippen LogP contribution in [0.25, 0.3) is 0 Å². The van der Waals surface area contributed by atoms with Gasteiger partial charge < -0.3 is 9.64 Å². The molecule has 1 saturated heterocycles. The van der Waals surface area contributed by atoms with Crippen LogP contribution >= 0.6 is 0 Å². The number of ether oxygens (including phenoxy) is 1. The molecule has 2 rings (SSSR count). The number of rotatable bonds is 4. The number of carbonyl (C=O) groups is 1. The zero-order valence-corrected chi connectivity index (χ0v) is 12.9. The van der Waals surface area contributed by atoms with E-state index in [4.69, 9.17) is 0 Å². The molecule has 22 heavy (non-hydrogen) atoms. The predicted octanol–water partition coefficient (Wildman–Crippen LogP) is 2.79. The van der Waals surface area contributed by atoms with Crippen LogP contribution in [-0.4, -0.2) is 36.1 Å². The molecule has 0 radical (unpaired) electrons. The Hall–Kier alpha value is -2.18. The van der Waals surface area contributed by atoms with E-state index in [0.717, 1.165) is 38.8 Å². The average molecular weight is 307 g/mol. The van der Waals surface area contributed by atoms with Crippen molar-refractivity contribution in [1.29, 1.82) is 0 Å². The van der Waals surface area contributed by atoms with Gasteiger partial charge in [0.2, 0.25) is 5.82 Å². The summed E-state index contributed by atoms with van der Waals surface area (Å²) in [4.78, 5) is 28.5. The normalized spacial score (nSPS) is 18.6. The van der Waals surface area contributed by atoms with Gasteiger partial charge in [-0.2, -0.15) is 0 Å². The van der Waals surface area contributed by atoms with Crippen LogP contribution in [0.1, 0.15) is 43.0 Å². The van der Waals surface area contributed by atoms with E-state index in [0.29, 0.717) is 11.7 Å². The highest BCUT2D eigenvalue weighted by Crippen LogP contribution is 2.30. The monoisotopic (exact) mass is 307 g/mol. The van der Waals surface area contributed by atoms with E-state index >= 15 is 0 Å². The highest BCUT2D eigenvalue weighted by Gasteiger charge is 2.25. The molecule has 120 valence electrons. The molecule has 1 aliphatic heterocycles. The summed E-state index contributed by atoms with van der Waals surface area (Å²) in [6.45, 7) is 3.68. The predicted molar refractivity (Wildman–Crippen MR) is 82.1 cm³/mol. The first kappa shape index (κ1) is 16.2. The molecule has 1 unspecified atom stereocenters. The van der Waals surface area contributed by atoms with Gasteiger partial charge in [0, 0.05) is 25.4 Å². The number of methoxy groups -OCH3 is 1. The Labute approximate surface area is 129 Å². The first-order valence-corrected chi connectivity index (χ1v) is 7.54. The highest BCUT2D eigenvalue weighted by molar-refractivity contribution is 5.90. The number of nitrogens with zero attached hydrogens (tertiary/aromatic N) is 3. The number of pyridine rings is 1. The lowest BCUT2D eigenvalue weighted by atomic mass is 9.98. The zero-order valence-electron chi connectivity index (χ0n) is 12.9. The van der Waals surface area contributed by atoms with Crippen LogP contribution < -0.4 is 4.90 Å². The van der Waals surface area contributed by atoms with Crippen molar-refractivity contribution in [2.24, 2.45) is 5.92 Å². The molecule has 7 nitrogen and oxygen atoms in total. The van der Waals surface area contributed by atoms with Crippen molar-refractivity contribution in [3.63, 3.8) is 0 Å². The van der Waals surface area contributed by atoms with E-state index in [1.807, 2.05) is 4.90 Å². The molecule has 0 N–H and O–H groups in total. The standard InChI is InChI=1S/C15H21N3O4/c1-3-11-5-4-7-17(8-6-11)14-13(18(20)21)9-12(10-16-14)15(19)22-2/h9-11H,3-8H2,1-2H3. The molecule has 1 aromatic rings. The Morgan fingerprint density at radius 3 is 2.91 bits per heavy atom. The van der Waals surface area contributed by atoms with Gasteiger partial charge in [-0.15, -0.1) is 0 Å². The smallest absolute Gasteiger partial charge is 0.339 e. The van der Waals surface area contributed by atoms with Crippen molar-refractivity contribution in [3.05, 3.63) is 27.9 Å². The molecule has 2 heterocycles. The van der Waals surface area contributed by atoms with Gasteiger partial charge in [-0.25, -0.2) is 9.78 Å². The lowest BCUT2D eigenvalue weighted by Gasteiger charge is -2.21. The summed E-state index contributed by atoms with van der Waals surface area (Å²) in [5, 5.41) is 11.3. The van der Waals surface area contributed by atoms with Gasteiger partial charge in [-0.3, -0.25) is 10.1 Å². The van der Waals surface area contributed by atoms with E-state index in [9.17, 15) is 14.9 Å². The Bertz CT molecular complexity index is 562. The molecule has 0 amide bonds. The van der Waals surface area contributed by atoms with Gasteiger partial charge in [-0.05, 0) is 25.2 Å². The number of carbonyl (C=O) groups excluding carboxylic acids is 1. The maximum atomic E-state index is 11.5. The van der Waals surface area contributed by atoms with Crippen LogP contribution in [0.15, 0.2) is 12.3 Å². The molecule has 1 atom stereocenters. The number of hydrogen-bond acceptors (Lipinski definition) is 6. The zero-order chi connectivity index (χ0) is 16.1. The summed E-state index contributed by atoms with van der Waals surface area (Å²) in [6.07, 6.45) is 5.62. The minimum Gasteiger partial charge on any atom is -0.465 e. The second-order valence-corrected chi connectivity index (χ2v) is 5.51. The molecule has 1 aliphatic rings. The van der Waals surface area contributed by atoms with Gasteiger partial charge in [-0.1, -0.05) is 13.3 Å². The highest BCUT2D eigenvalue weighted by atomic mass is 16.6. The quantitative estimate of drug-likeness (QED) is 0.483. The Balaban J connectivity index is 2.29. The Morgan fingerprint density at radius 2 is 2.27 bits per heavy atom. The van der Waals surface area contributed by atoms with E-state index in [1.54, 1.807) is 0 Å². The summed E-state index contributed by atoms with van der Waals surface area (Å²) in [6, 6.07) is 1.25. The lowest BCUT2D eigenvalue weighted by Crippen LogP contribution is -2.26. The second-order valence-electron chi connectivity index (χ2n) is 5.51. The fraction of sp³-hybridized carbons (Fsp3) is 0.600. The lowest BCUT2D eigenvalue weighted by molar-refractivity contribution is -0.384. The van der Waals surface area contributed by atoms with Crippen molar-refractivity contribution < 1.29 is 14.5 Å². The molecule has 7 heteroatoms. The Kier molecular flexibility index (Phi) is 5.30. The van der Waals surface area contributed by atoms with Crippen LogP contribution in [-0.2, 0) is 4.74 Å². The number of esters is 1. The number of hydrogen-bond donors (Lipinski definition) is 0. The van der Waals surface area contributed by atoms with E-state index in [-0.39, 0.29) is 11.3 Å². The molecule has 0 bridgehead atoms. The van der Waals surface area contributed by atoms with Gasteiger partial charge in [0.25, 0.3) is 0 Å². The summed E-state index contributed by atoms with van der Waals surface area (Å²) < 4.78 is 4.59. The third-order valence-electron chi connectivity index (χ3n) is 4.19. The van der Waals surface area contributed by atoms with Gasteiger partial charge in [0.1, 0.15) is 0 Å². The van der Waals surface area contributed by atoms with Crippen molar-refractivity contribution in [1.82, 2.24) is 4.98 Å². The third-order valence-corrected chi connectivity index (χ3v) is 4.19. The molecular formula is C15H21N3O4. The molecule has 0 saturated carbocycles. The second kappa shape index (κ2) is 7.20. The van der Waals surface area contributed by atoms with Crippen LogP contribution in [0.3, 0.4) is 0 Å². The molecular weight excluding hydrogens is 286 g/mol. The van der Waals surface area contributed by atoms with Crippen LogP contribution in [0, 0.1) is 16.0 Å². The van der Waals surface area contributed by atoms with Crippen LogP contribution in [0.2, 0.25) is 0 Å². The number of aromatic nitrogens is 1. The van der Waals surface area contributed by atoms with Crippen molar-refractivity contribution in [2.45, 2.75) is 32.6 Å². The number of anilines is 1. The van der Waals surface area contributed by atoms with Crippen LogP contribution in [0.5, 0.6) is 0 Å². The molecule has 0 aromatic carbocycles. The maximum absolute atomic E-state index is 11.5. The minimum absolute atomic E-state index is 0.0965. The average Bonchev–Trinajstić information content (AvgIpc) is 2.78. The van der Waals surface area contributed by atoms with E-state index in [2.05, 4.69) is 16.6 Å². The van der Waals surface area contributed by atoms with Crippen molar-refractivity contribution in [3.8, 4) is 0 Å². The first-order chi connectivity index (χ1) is 10.6. The fourth-order valence-corrected chi connectivity index (χ4v) is 2.84. The van der Waals surface area contributed by atoms with Gasteiger partial charge in [0.15, 0.2) is 0 Å². The molecule has 1 fully saturated rings. The topological polar surface area (TPSA) is 85.6 Å². The number of nitro groups is 1. The SMILES string of the molecule is CCC1CCCN(c2ncc(C(=O)OC)cc2[N+](=O)[O-])CC1. The van der Waals surface area contributed by atoms with Gasteiger partial charge >= 0.3 is 11.7 Å². The van der Waals surface area contributed by atoms with Gasteiger partial charge in [0.05, 0.1) is 17.6 Å².